The van der Waals surface area contributed by atoms with E-state index in [1.807, 2.05) is 29.6 Å². The van der Waals surface area contributed by atoms with Gasteiger partial charge in [0, 0.05) is 5.69 Å². The minimum atomic E-state index is -0.168. The number of aromatic nitrogens is 3. The topological polar surface area (TPSA) is 110 Å². The Kier molecular flexibility index (Phi) is 5.33. The average Bonchev–Trinajstić information content (AvgIpc) is 3.25. The van der Waals surface area contributed by atoms with Crippen LogP contribution in [0.3, 0.4) is 0 Å². The molecule has 1 amide bonds. The van der Waals surface area contributed by atoms with E-state index in [0.29, 0.717) is 23.1 Å². The fourth-order valence-electron chi connectivity index (χ4n) is 2.07. The summed E-state index contributed by atoms with van der Waals surface area (Å²) in [5.74, 6) is 6.57. The Bertz CT molecular complexity index is 896. The molecule has 0 aliphatic heterocycles. The number of nitrogens with one attached hydrogen (secondary N) is 1. The molecule has 9 heteroatoms. The molecule has 0 saturated heterocycles. The van der Waals surface area contributed by atoms with Crippen LogP contribution in [0.2, 0.25) is 0 Å². The Morgan fingerprint density at radius 3 is 2.80 bits per heavy atom. The normalized spacial score (nSPS) is 10.4. The number of hydrogen-bond donors (Lipinski definition) is 2. The summed E-state index contributed by atoms with van der Waals surface area (Å²) in [6.07, 6.45) is 0.350. The summed E-state index contributed by atoms with van der Waals surface area (Å²) < 4.78 is 1.39. The van der Waals surface area contributed by atoms with E-state index in [1.54, 1.807) is 12.1 Å². The van der Waals surface area contributed by atoms with Crippen LogP contribution in [0.5, 0.6) is 0 Å². The second-order valence-electron chi connectivity index (χ2n) is 5.02. The molecule has 0 fully saturated rings. The number of rotatable bonds is 6. The smallest absolute Gasteiger partial charge is 0.234 e. The molecule has 1 aromatic carbocycles. The van der Waals surface area contributed by atoms with Gasteiger partial charge in [-0.25, -0.2) is 4.68 Å². The minimum absolute atomic E-state index is 0.166. The van der Waals surface area contributed by atoms with Crippen LogP contribution in [-0.2, 0) is 11.2 Å². The van der Waals surface area contributed by atoms with Gasteiger partial charge in [-0.05, 0) is 29.1 Å². The summed E-state index contributed by atoms with van der Waals surface area (Å²) in [6, 6.07) is 13.1. The van der Waals surface area contributed by atoms with Crippen molar-refractivity contribution in [3.05, 3.63) is 47.3 Å². The number of hydrogen-bond acceptors (Lipinski definition) is 7. The van der Waals surface area contributed by atoms with Gasteiger partial charge in [0.05, 0.1) is 23.1 Å². The molecular weight excluding hydrogens is 356 g/mol. The van der Waals surface area contributed by atoms with Crippen LogP contribution >= 0.6 is 23.1 Å². The van der Waals surface area contributed by atoms with E-state index in [4.69, 9.17) is 11.1 Å². The Labute approximate surface area is 152 Å². The van der Waals surface area contributed by atoms with Crippen LogP contribution in [0.25, 0.3) is 10.7 Å². The molecule has 0 aliphatic rings. The molecule has 2 heterocycles. The third-order valence-electron chi connectivity index (χ3n) is 3.26. The highest BCUT2D eigenvalue weighted by atomic mass is 32.2. The van der Waals surface area contributed by atoms with E-state index in [9.17, 15) is 4.79 Å². The van der Waals surface area contributed by atoms with E-state index >= 15 is 0 Å². The summed E-state index contributed by atoms with van der Waals surface area (Å²) in [7, 11) is 0. The summed E-state index contributed by atoms with van der Waals surface area (Å²) in [5, 5.41) is 22.0. The monoisotopic (exact) mass is 370 g/mol. The first-order valence-corrected chi connectivity index (χ1v) is 9.17. The summed E-state index contributed by atoms with van der Waals surface area (Å²) in [4.78, 5) is 13.0. The number of carbonyl (C=O) groups excluding carboxylic acids is 1. The molecule has 7 nitrogen and oxygen atoms in total. The predicted octanol–water partition coefficient (Wildman–Crippen LogP) is 2.52. The van der Waals surface area contributed by atoms with Crippen molar-refractivity contribution in [3.8, 4) is 16.8 Å². The number of benzene rings is 1. The van der Waals surface area contributed by atoms with Crippen molar-refractivity contribution in [1.29, 1.82) is 5.26 Å². The lowest BCUT2D eigenvalue weighted by Crippen LogP contribution is -2.16. The average molecular weight is 370 g/mol. The summed E-state index contributed by atoms with van der Waals surface area (Å²) in [5.41, 5.74) is 1.59. The van der Waals surface area contributed by atoms with Crippen LogP contribution in [-0.4, -0.2) is 26.5 Å². The van der Waals surface area contributed by atoms with Crippen LogP contribution < -0.4 is 11.2 Å². The molecule has 0 unspecified atom stereocenters. The van der Waals surface area contributed by atoms with Gasteiger partial charge in [-0.15, -0.1) is 21.5 Å². The van der Waals surface area contributed by atoms with Crippen molar-refractivity contribution >= 4 is 34.7 Å². The SMILES string of the molecule is N#CCc1ccc(NC(=O)CSc2nnc(-c3cccs3)n2N)cc1. The highest BCUT2D eigenvalue weighted by Gasteiger charge is 2.14. The molecule has 0 aliphatic carbocycles. The van der Waals surface area contributed by atoms with Crippen LogP contribution in [0.4, 0.5) is 5.69 Å². The van der Waals surface area contributed by atoms with Gasteiger partial charge < -0.3 is 11.2 Å². The van der Waals surface area contributed by atoms with Gasteiger partial charge in [0.2, 0.25) is 11.1 Å². The lowest BCUT2D eigenvalue weighted by atomic mass is 10.1. The standard InChI is InChI=1S/C16H14N6OS2/c17-8-7-11-3-5-12(6-4-11)19-14(23)10-25-16-21-20-15(22(16)18)13-2-1-9-24-13/h1-6,9H,7,10,18H2,(H,19,23). The first-order valence-electron chi connectivity index (χ1n) is 7.30. The Hall–Kier alpha value is -2.83. The summed E-state index contributed by atoms with van der Waals surface area (Å²) >= 11 is 2.74. The molecular formula is C16H14N6OS2. The van der Waals surface area contributed by atoms with Crippen LogP contribution in [0.15, 0.2) is 46.9 Å². The van der Waals surface area contributed by atoms with Crippen molar-refractivity contribution in [2.75, 3.05) is 16.9 Å². The van der Waals surface area contributed by atoms with Crippen LogP contribution in [0, 0.1) is 11.3 Å². The van der Waals surface area contributed by atoms with E-state index in [-0.39, 0.29) is 11.7 Å². The number of thiophene rings is 1. The number of nitriles is 1. The highest BCUT2D eigenvalue weighted by molar-refractivity contribution is 7.99. The van der Waals surface area contributed by atoms with Gasteiger partial charge >= 0.3 is 0 Å². The fraction of sp³-hybridized carbons (Fsp3) is 0.125. The highest BCUT2D eigenvalue weighted by Crippen LogP contribution is 2.25. The van der Waals surface area contributed by atoms with Gasteiger partial charge in [0.1, 0.15) is 0 Å². The molecule has 126 valence electrons. The molecule has 0 bridgehead atoms. The predicted molar refractivity (Wildman–Crippen MR) is 98.6 cm³/mol. The van der Waals surface area contributed by atoms with Gasteiger partial charge in [-0.1, -0.05) is 30.0 Å². The second kappa shape index (κ2) is 7.83. The van der Waals surface area contributed by atoms with Crippen molar-refractivity contribution in [1.82, 2.24) is 14.9 Å². The maximum Gasteiger partial charge on any atom is 0.234 e. The molecule has 3 rings (SSSR count). The Morgan fingerprint density at radius 1 is 1.32 bits per heavy atom. The third-order valence-corrected chi connectivity index (χ3v) is 5.07. The zero-order valence-corrected chi connectivity index (χ0v) is 14.7. The zero-order chi connectivity index (χ0) is 17.6. The molecule has 25 heavy (non-hydrogen) atoms. The van der Waals surface area contributed by atoms with Crippen molar-refractivity contribution in [3.63, 3.8) is 0 Å². The van der Waals surface area contributed by atoms with Crippen molar-refractivity contribution in [2.45, 2.75) is 11.6 Å². The molecule has 0 saturated carbocycles. The number of amides is 1. The molecule has 0 radical (unpaired) electrons. The number of anilines is 1. The molecule has 0 atom stereocenters. The lowest BCUT2D eigenvalue weighted by Gasteiger charge is -2.06. The number of thioether (sulfide) groups is 1. The first-order chi connectivity index (χ1) is 12.2. The summed E-state index contributed by atoms with van der Waals surface area (Å²) in [6.45, 7) is 0. The zero-order valence-electron chi connectivity index (χ0n) is 13.0. The largest absolute Gasteiger partial charge is 0.335 e. The fourth-order valence-corrected chi connectivity index (χ4v) is 3.44. The maximum atomic E-state index is 12.1. The van der Waals surface area contributed by atoms with E-state index in [2.05, 4.69) is 21.6 Å². The molecule has 3 aromatic rings. The van der Waals surface area contributed by atoms with Gasteiger partial charge in [-0.3, -0.25) is 4.79 Å². The number of carbonyl (C=O) groups is 1. The molecule has 2 aromatic heterocycles. The lowest BCUT2D eigenvalue weighted by molar-refractivity contribution is -0.113. The number of nitrogen functional groups attached to an aromatic ring is 1. The second-order valence-corrected chi connectivity index (χ2v) is 6.91. The van der Waals surface area contributed by atoms with Gasteiger partial charge in [-0.2, -0.15) is 5.26 Å². The Balaban J connectivity index is 1.57. The number of nitrogens with zero attached hydrogens (tertiary/aromatic N) is 4. The number of nitrogens with two attached hydrogens (primary N) is 1. The van der Waals surface area contributed by atoms with E-state index < -0.39 is 0 Å². The van der Waals surface area contributed by atoms with E-state index in [0.717, 1.165) is 10.4 Å². The minimum Gasteiger partial charge on any atom is -0.335 e. The molecule has 3 N–H and O–H groups in total. The molecule has 0 spiro atoms. The Morgan fingerprint density at radius 2 is 2.12 bits per heavy atom. The van der Waals surface area contributed by atoms with E-state index in [1.165, 1.54) is 27.8 Å². The van der Waals surface area contributed by atoms with Gasteiger partial charge in [0.25, 0.3) is 0 Å². The van der Waals surface area contributed by atoms with Crippen LogP contribution in [0.1, 0.15) is 5.56 Å². The van der Waals surface area contributed by atoms with Crippen molar-refractivity contribution < 1.29 is 4.79 Å². The van der Waals surface area contributed by atoms with Gasteiger partial charge in [0.15, 0.2) is 5.82 Å². The van der Waals surface area contributed by atoms with Crippen molar-refractivity contribution in [2.24, 2.45) is 0 Å². The third kappa shape index (κ3) is 4.17. The maximum absolute atomic E-state index is 12.1. The first kappa shape index (κ1) is 17.0. The quantitative estimate of drug-likeness (QED) is 0.510.